The molecular formula is C10H16O4. The predicted molar refractivity (Wildman–Crippen MR) is 49.8 cm³/mol. The molecule has 2 atom stereocenters. The number of esters is 1. The third kappa shape index (κ3) is 3.10. The molecular weight excluding hydrogens is 184 g/mol. The zero-order valence-corrected chi connectivity index (χ0v) is 8.40. The highest BCUT2D eigenvalue weighted by molar-refractivity contribution is 5.71. The van der Waals surface area contributed by atoms with E-state index < -0.39 is 0 Å². The molecule has 4 nitrogen and oxygen atoms in total. The van der Waals surface area contributed by atoms with E-state index in [-0.39, 0.29) is 24.4 Å². The number of ether oxygens (including phenoxy) is 2. The first kappa shape index (κ1) is 11.2. The van der Waals surface area contributed by atoms with Gasteiger partial charge in [0.1, 0.15) is 6.29 Å². The highest BCUT2D eigenvalue weighted by Gasteiger charge is 2.27. The summed E-state index contributed by atoms with van der Waals surface area (Å²) in [7, 11) is 0. The molecule has 14 heavy (non-hydrogen) atoms. The standard InChI is InChI=1S/C10H16O4/c1-2-13-10(12)6-9-8(7-11)4-3-5-14-9/h7-9H,2-6H2,1H3. The minimum atomic E-state index is -0.286. The van der Waals surface area contributed by atoms with Crippen molar-refractivity contribution in [3.63, 3.8) is 0 Å². The van der Waals surface area contributed by atoms with Crippen LogP contribution < -0.4 is 0 Å². The van der Waals surface area contributed by atoms with Gasteiger partial charge in [0.2, 0.25) is 0 Å². The molecule has 1 aliphatic heterocycles. The maximum absolute atomic E-state index is 11.2. The van der Waals surface area contributed by atoms with Crippen molar-refractivity contribution >= 4 is 12.3 Å². The lowest BCUT2D eigenvalue weighted by Gasteiger charge is -2.27. The van der Waals surface area contributed by atoms with Crippen molar-refractivity contribution in [2.24, 2.45) is 5.92 Å². The number of hydrogen-bond donors (Lipinski definition) is 0. The van der Waals surface area contributed by atoms with Gasteiger partial charge in [-0.3, -0.25) is 4.79 Å². The molecule has 1 aliphatic rings. The maximum atomic E-state index is 11.2. The molecule has 2 unspecified atom stereocenters. The van der Waals surface area contributed by atoms with Crippen LogP contribution in [0, 0.1) is 5.92 Å². The van der Waals surface area contributed by atoms with Crippen LogP contribution in [0.4, 0.5) is 0 Å². The number of carbonyl (C=O) groups is 2. The zero-order valence-electron chi connectivity index (χ0n) is 8.40. The summed E-state index contributed by atoms with van der Waals surface area (Å²) >= 11 is 0. The van der Waals surface area contributed by atoms with E-state index in [1.165, 1.54) is 0 Å². The van der Waals surface area contributed by atoms with Gasteiger partial charge in [0, 0.05) is 12.5 Å². The molecule has 80 valence electrons. The van der Waals surface area contributed by atoms with Crippen LogP contribution in [0.15, 0.2) is 0 Å². The molecule has 0 bridgehead atoms. The molecule has 0 saturated carbocycles. The Morgan fingerprint density at radius 1 is 1.64 bits per heavy atom. The molecule has 0 amide bonds. The van der Waals surface area contributed by atoms with Gasteiger partial charge in [-0.05, 0) is 19.8 Å². The van der Waals surface area contributed by atoms with Crippen LogP contribution >= 0.6 is 0 Å². The van der Waals surface area contributed by atoms with E-state index in [9.17, 15) is 9.59 Å². The van der Waals surface area contributed by atoms with Gasteiger partial charge in [0.15, 0.2) is 0 Å². The highest BCUT2D eigenvalue weighted by atomic mass is 16.5. The lowest BCUT2D eigenvalue weighted by molar-refractivity contribution is -0.149. The van der Waals surface area contributed by atoms with Crippen LogP contribution in [0.25, 0.3) is 0 Å². The average Bonchev–Trinajstić information content (AvgIpc) is 2.19. The second-order valence-electron chi connectivity index (χ2n) is 3.36. The number of rotatable bonds is 4. The van der Waals surface area contributed by atoms with Gasteiger partial charge in [-0.25, -0.2) is 0 Å². The normalized spacial score (nSPS) is 26.9. The second kappa shape index (κ2) is 5.75. The SMILES string of the molecule is CCOC(=O)CC1OCCCC1C=O. The molecule has 0 N–H and O–H groups in total. The van der Waals surface area contributed by atoms with Crippen molar-refractivity contribution in [1.82, 2.24) is 0 Å². The van der Waals surface area contributed by atoms with Crippen molar-refractivity contribution in [3.8, 4) is 0 Å². The van der Waals surface area contributed by atoms with E-state index in [1.807, 2.05) is 0 Å². The van der Waals surface area contributed by atoms with Crippen LogP contribution in [0.1, 0.15) is 26.2 Å². The van der Waals surface area contributed by atoms with Crippen LogP contribution in [0.5, 0.6) is 0 Å². The molecule has 0 aromatic carbocycles. The summed E-state index contributed by atoms with van der Waals surface area (Å²) in [4.78, 5) is 21.8. The summed E-state index contributed by atoms with van der Waals surface area (Å²) in [5.74, 6) is -0.431. The van der Waals surface area contributed by atoms with Gasteiger partial charge in [0.05, 0.1) is 19.1 Å². The second-order valence-corrected chi connectivity index (χ2v) is 3.36. The lowest BCUT2D eigenvalue weighted by Crippen LogP contribution is -2.33. The van der Waals surface area contributed by atoms with Gasteiger partial charge in [0.25, 0.3) is 0 Å². The number of aldehydes is 1. The van der Waals surface area contributed by atoms with Gasteiger partial charge in [-0.2, -0.15) is 0 Å². The van der Waals surface area contributed by atoms with E-state index in [0.717, 1.165) is 19.1 Å². The Morgan fingerprint density at radius 2 is 2.43 bits per heavy atom. The Bertz CT molecular complexity index is 202. The molecule has 0 aromatic heterocycles. The Morgan fingerprint density at radius 3 is 3.07 bits per heavy atom. The fourth-order valence-corrected chi connectivity index (χ4v) is 1.61. The molecule has 1 saturated heterocycles. The first-order chi connectivity index (χ1) is 6.77. The largest absolute Gasteiger partial charge is 0.466 e. The lowest BCUT2D eigenvalue weighted by atomic mass is 9.94. The molecule has 0 aromatic rings. The number of hydrogen-bond acceptors (Lipinski definition) is 4. The maximum Gasteiger partial charge on any atom is 0.308 e. The Labute approximate surface area is 83.6 Å². The van der Waals surface area contributed by atoms with Crippen LogP contribution in [-0.4, -0.2) is 31.6 Å². The van der Waals surface area contributed by atoms with Crippen molar-refractivity contribution < 1.29 is 19.1 Å². The molecule has 0 aliphatic carbocycles. The topological polar surface area (TPSA) is 52.6 Å². The highest BCUT2D eigenvalue weighted by Crippen LogP contribution is 2.21. The molecule has 1 heterocycles. The van der Waals surface area contributed by atoms with Crippen molar-refractivity contribution in [1.29, 1.82) is 0 Å². The molecule has 0 spiro atoms. The smallest absolute Gasteiger partial charge is 0.308 e. The zero-order chi connectivity index (χ0) is 10.4. The summed E-state index contributed by atoms with van der Waals surface area (Å²) in [6.07, 6.45) is 2.50. The van der Waals surface area contributed by atoms with E-state index in [4.69, 9.17) is 9.47 Å². The minimum Gasteiger partial charge on any atom is -0.466 e. The summed E-state index contributed by atoms with van der Waals surface area (Å²) in [5.41, 5.74) is 0. The summed E-state index contributed by atoms with van der Waals surface area (Å²) in [5, 5.41) is 0. The average molecular weight is 200 g/mol. The fourth-order valence-electron chi connectivity index (χ4n) is 1.61. The number of carbonyl (C=O) groups excluding carboxylic acids is 2. The van der Waals surface area contributed by atoms with Gasteiger partial charge < -0.3 is 14.3 Å². The minimum absolute atomic E-state index is 0.145. The molecule has 1 rings (SSSR count). The molecule has 4 heteroatoms. The Hall–Kier alpha value is -0.900. The third-order valence-electron chi connectivity index (χ3n) is 2.34. The summed E-state index contributed by atoms with van der Waals surface area (Å²) < 4.78 is 10.2. The van der Waals surface area contributed by atoms with Crippen molar-refractivity contribution in [2.75, 3.05) is 13.2 Å². The van der Waals surface area contributed by atoms with Gasteiger partial charge in [-0.15, -0.1) is 0 Å². The van der Waals surface area contributed by atoms with E-state index in [1.54, 1.807) is 6.92 Å². The van der Waals surface area contributed by atoms with Crippen molar-refractivity contribution in [3.05, 3.63) is 0 Å². The quantitative estimate of drug-likeness (QED) is 0.500. The Kier molecular flexibility index (Phi) is 4.59. The molecule has 1 fully saturated rings. The van der Waals surface area contributed by atoms with E-state index in [0.29, 0.717) is 13.2 Å². The van der Waals surface area contributed by atoms with E-state index >= 15 is 0 Å². The first-order valence-corrected chi connectivity index (χ1v) is 5.00. The van der Waals surface area contributed by atoms with Crippen LogP contribution in [-0.2, 0) is 19.1 Å². The summed E-state index contributed by atoms with van der Waals surface area (Å²) in [6, 6.07) is 0. The summed E-state index contributed by atoms with van der Waals surface area (Å²) in [6.45, 7) is 2.77. The fraction of sp³-hybridized carbons (Fsp3) is 0.800. The molecule has 0 radical (unpaired) electrons. The van der Waals surface area contributed by atoms with Gasteiger partial charge >= 0.3 is 5.97 Å². The van der Waals surface area contributed by atoms with Gasteiger partial charge in [-0.1, -0.05) is 0 Å². The van der Waals surface area contributed by atoms with Crippen LogP contribution in [0.3, 0.4) is 0 Å². The first-order valence-electron chi connectivity index (χ1n) is 5.00. The third-order valence-corrected chi connectivity index (χ3v) is 2.34. The Balaban J connectivity index is 2.39. The van der Waals surface area contributed by atoms with Crippen LogP contribution in [0.2, 0.25) is 0 Å². The monoisotopic (exact) mass is 200 g/mol. The predicted octanol–water partition coefficient (Wildman–Crippen LogP) is 0.934. The van der Waals surface area contributed by atoms with Crippen molar-refractivity contribution in [2.45, 2.75) is 32.3 Å². The van der Waals surface area contributed by atoms with E-state index in [2.05, 4.69) is 0 Å².